The summed E-state index contributed by atoms with van der Waals surface area (Å²) in [5.74, 6) is -0.0927. The molecule has 1 aromatic carbocycles. The van der Waals surface area contributed by atoms with E-state index in [9.17, 15) is 13.2 Å². The molecule has 1 saturated heterocycles. The van der Waals surface area contributed by atoms with Crippen molar-refractivity contribution < 1.29 is 13.2 Å². The summed E-state index contributed by atoms with van der Waals surface area (Å²) in [6, 6.07) is 10.8. The number of para-hydroxylation sites is 1. The molecule has 0 aliphatic carbocycles. The summed E-state index contributed by atoms with van der Waals surface area (Å²) >= 11 is 1.40. The molecule has 2 aromatic heterocycles. The van der Waals surface area contributed by atoms with Gasteiger partial charge in [-0.1, -0.05) is 18.2 Å². The Morgan fingerprint density at radius 2 is 2.00 bits per heavy atom. The fraction of sp³-hybridized carbons (Fsp3) is 0.300. The lowest BCUT2D eigenvalue weighted by Gasteiger charge is -2.31. The van der Waals surface area contributed by atoms with Crippen molar-refractivity contribution in [1.29, 1.82) is 0 Å². The molecule has 1 aliphatic heterocycles. The Morgan fingerprint density at radius 3 is 2.71 bits per heavy atom. The Morgan fingerprint density at radius 1 is 1.21 bits per heavy atom. The van der Waals surface area contributed by atoms with E-state index in [0.29, 0.717) is 36.3 Å². The fourth-order valence-electron chi connectivity index (χ4n) is 3.49. The Bertz CT molecular complexity index is 1100. The number of nitrogens with zero attached hydrogens (tertiary/aromatic N) is 2. The number of thiophene rings is 1. The number of amides is 1. The smallest absolute Gasteiger partial charge is 0.261 e. The van der Waals surface area contributed by atoms with Crippen LogP contribution in [0.4, 0.5) is 0 Å². The molecule has 0 unspecified atom stereocenters. The summed E-state index contributed by atoms with van der Waals surface area (Å²) in [6.45, 7) is 2.68. The van der Waals surface area contributed by atoms with E-state index >= 15 is 0 Å². The van der Waals surface area contributed by atoms with E-state index in [1.54, 1.807) is 24.4 Å². The molecule has 28 heavy (non-hydrogen) atoms. The van der Waals surface area contributed by atoms with Gasteiger partial charge in [-0.25, -0.2) is 8.42 Å². The average molecular weight is 416 g/mol. The van der Waals surface area contributed by atoms with Gasteiger partial charge in [-0.05, 0) is 48.9 Å². The van der Waals surface area contributed by atoms with E-state index in [4.69, 9.17) is 0 Å². The summed E-state index contributed by atoms with van der Waals surface area (Å²) in [5.41, 5.74) is 1.49. The number of benzene rings is 1. The van der Waals surface area contributed by atoms with Crippen LogP contribution in [0.25, 0.3) is 10.9 Å². The van der Waals surface area contributed by atoms with Crippen LogP contribution in [0.15, 0.2) is 52.9 Å². The monoisotopic (exact) mass is 415 g/mol. The van der Waals surface area contributed by atoms with Crippen molar-refractivity contribution in [3.63, 3.8) is 0 Å². The molecule has 0 saturated carbocycles. The minimum Gasteiger partial charge on any atom is -0.349 e. The third kappa shape index (κ3) is 3.67. The molecular formula is C20H21N3O3S2. The van der Waals surface area contributed by atoms with Crippen LogP contribution in [0.5, 0.6) is 0 Å². The summed E-state index contributed by atoms with van der Waals surface area (Å²) in [6.07, 6.45) is 2.87. The van der Waals surface area contributed by atoms with E-state index in [0.717, 1.165) is 10.9 Å². The number of aryl methyl sites for hydroxylation is 1. The number of carbonyl (C=O) groups excluding carboxylic acids is 1. The molecule has 146 valence electrons. The van der Waals surface area contributed by atoms with Crippen LogP contribution in [-0.4, -0.2) is 42.7 Å². The van der Waals surface area contributed by atoms with E-state index in [1.165, 1.54) is 15.6 Å². The molecule has 0 bridgehead atoms. The molecule has 4 rings (SSSR count). The number of carbonyl (C=O) groups is 1. The lowest BCUT2D eigenvalue weighted by atomic mass is 10.1. The second kappa shape index (κ2) is 7.62. The zero-order chi connectivity index (χ0) is 19.7. The van der Waals surface area contributed by atoms with Gasteiger partial charge >= 0.3 is 0 Å². The van der Waals surface area contributed by atoms with Crippen LogP contribution < -0.4 is 5.32 Å². The van der Waals surface area contributed by atoms with Crippen molar-refractivity contribution >= 4 is 38.2 Å². The van der Waals surface area contributed by atoms with Gasteiger partial charge in [0.05, 0.1) is 10.4 Å². The Labute approximate surface area is 168 Å². The number of aromatic nitrogens is 1. The first kappa shape index (κ1) is 19.0. The number of nitrogens with one attached hydrogen (secondary N) is 1. The number of fused-ring (bicyclic) bond motifs is 1. The molecule has 1 N–H and O–H groups in total. The molecule has 1 fully saturated rings. The minimum absolute atomic E-state index is 0.0191. The first-order valence-electron chi connectivity index (χ1n) is 9.15. The summed E-state index contributed by atoms with van der Waals surface area (Å²) in [5, 5.41) is 5.69. The molecule has 8 heteroatoms. The third-order valence-electron chi connectivity index (χ3n) is 4.96. The Kier molecular flexibility index (Phi) is 5.18. The molecule has 6 nitrogen and oxygen atoms in total. The van der Waals surface area contributed by atoms with Crippen molar-refractivity contribution in [3.05, 3.63) is 58.4 Å². The maximum atomic E-state index is 13.2. The first-order chi connectivity index (χ1) is 13.4. The Hall–Kier alpha value is -2.29. The van der Waals surface area contributed by atoms with Crippen molar-refractivity contribution in [2.45, 2.75) is 30.7 Å². The van der Waals surface area contributed by atoms with Crippen molar-refractivity contribution in [3.8, 4) is 0 Å². The van der Waals surface area contributed by atoms with E-state index in [2.05, 4.69) is 10.3 Å². The topological polar surface area (TPSA) is 79.4 Å². The Balaban J connectivity index is 1.49. The molecular weight excluding hydrogens is 394 g/mol. The highest BCUT2D eigenvalue weighted by Gasteiger charge is 2.31. The van der Waals surface area contributed by atoms with Crippen molar-refractivity contribution in [1.82, 2.24) is 14.6 Å². The summed E-state index contributed by atoms with van der Waals surface area (Å²) in [4.78, 5) is 17.5. The maximum Gasteiger partial charge on any atom is 0.261 e. The predicted molar refractivity (Wildman–Crippen MR) is 110 cm³/mol. The highest BCUT2D eigenvalue weighted by Crippen LogP contribution is 2.27. The van der Waals surface area contributed by atoms with E-state index < -0.39 is 10.0 Å². The summed E-state index contributed by atoms with van der Waals surface area (Å²) in [7, 11) is -3.64. The van der Waals surface area contributed by atoms with E-state index in [1.807, 2.05) is 30.5 Å². The fourth-order valence-corrected chi connectivity index (χ4v) is 5.76. The molecule has 0 radical (unpaired) electrons. The quantitative estimate of drug-likeness (QED) is 0.710. The van der Waals surface area contributed by atoms with Gasteiger partial charge < -0.3 is 5.32 Å². The zero-order valence-electron chi connectivity index (χ0n) is 15.5. The second-order valence-corrected chi connectivity index (χ2v) is 9.82. The molecule has 1 amide bonds. The number of piperidine rings is 1. The average Bonchev–Trinajstić information content (AvgIpc) is 3.22. The largest absolute Gasteiger partial charge is 0.349 e. The normalized spacial score (nSPS) is 16.3. The first-order valence-corrected chi connectivity index (χ1v) is 11.5. The van der Waals surface area contributed by atoms with Crippen LogP contribution in [0, 0.1) is 6.92 Å². The predicted octanol–water partition coefficient (Wildman–Crippen LogP) is 3.19. The van der Waals surface area contributed by atoms with Gasteiger partial charge in [-0.15, -0.1) is 11.3 Å². The number of hydrogen-bond donors (Lipinski definition) is 1. The standard InChI is InChI=1S/C20H21N3O3S2/c1-14-12-15-4-2-6-18(19(15)21-13-14)28(25,26)23-9-7-16(8-10-23)22-20(24)17-5-3-11-27-17/h2-6,11-13,16H,7-10H2,1H3,(H,22,24). The van der Waals surface area contributed by atoms with Crippen LogP contribution in [0.3, 0.4) is 0 Å². The number of hydrogen-bond acceptors (Lipinski definition) is 5. The van der Waals surface area contributed by atoms with Crippen LogP contribution in [0.1, 0.15) is 28.1 Å². The highest BCUT2D eigenvalue weighted by molar-refractivity contribution is 7.89. The summed E-state index contributed by atoms with van der Waals surface area (Å²) < 4.78 is 27.9. The van der Waals surface area contributed by atoms with Gasteiger partial charge in [-0.2, -0.15) is 4.31 Å². The highest BCUT2D eigenvalue weighted by atomic mass is 32.2. The van der Waals surface area contributed by atoms with Gasteiger partial charge in [0.2, 0.25) is 10.0 Å². The second-order valence-electron chi connectivity index (χ2n) is 6.97. The molecule has 0 spiro atoms. The van der Waals surface area contributed by atoms with Crippen molar-refractivity contribution in [2.75, 3.05) is 13.1 Å². The maximum absolute atomic E-state index is 13.2. The van der Waals surface area contributed by atoms with Crippen LogP contribution in [-0.2, 0) is 10.0 Å². The number of sulfonamides is 1. The molecule has 3 heterocycles. The number of rotatable bonds is 4. The zero-order valence-corrected chi connectivity index (χ0v) is 17.1. The molecule has 1 aliphatic rings. The van der Waals surface area contributed by atoms with E-state index in [-0.39, 0.29) is 16.8 Å². The van der Waals surface area contributed by atoms with Crippen LogP contribution in [0.2, 0.25) is 0 Å². The van der Waals surface area contributed by atoms with Gasteiger partial charge in [0.15, 0.2) is 0 Å². The lowest BCUT2D eigenvalue weighted by molar-refractivity contribution is 0.0928. The molecule has 3 aromatic rings. The van der Waals surface area contributed by atoms with Crippen LogP contribution >= 0.6 is 11.3 Å². The van der Waals surface area contributed by atoms with Gasteiger partial charge in [-0.3, -0.25) is 9.78 Å². The minimum atomic E-state index is -3.64. The van der Waals surface area contributed by atoms with Crippen molar-refractivity contribution in [2.24, 2.45) is 0 Å². The van der Waals surface area contributed by atoms with Gasteiger partial charge in [0.25, 0.3) is 5.91 Å². The van der Waals surface area contributed by atoms with Gasteiger partial charge in [0, 0.05) is 30.7 Å². The lowest BCUT2D eigenvalue weighted by Crippen LogP contribution is -2.46. The van der Waals surface area contributed by atoms with Gasteiger partial charge in [0.1, 0.15) is 4.90 Å². The SMILES string of the molecule is Cc1cnc2c(S(=O)(=O)N3CCC(NC(=O)c4cccs4)CC3)cccc2c1. The molecule has 0 atom stereocenters. The number of pyridine rings is 1. The third-order valence-corrected chi connectivity index (χ3v) is 7.76.